The highest BCUT2D eigenvalue weighted by atomic mass is 32.2. The molecular formula is C13H14N4O2S. The summed E-state index contributed by atoms with van der Waals surface area (Å²) in [4.78, 5) is 18.5. The van der Waals surface area contributed by atoms with Crippen LogP contribution >= 0.6 is 11.8 Å². The van der Waals surface area contributed by atoms with Crippen LogP contribution in [0.4, 0.5) is 11.4 Å². The quantitative estimate of drug-likeness (QED) is 0.381. The maximum Gasteiger partial charge on any atom is 0.269 e. The highest BCUT2D eigenvalue weighted by Crippen LogP contribution is 2.28. The molecule has 0 saturated heterocycles. The Morgan fingerprint density at radius 2 is 2.25 bits per heavy atom. The third-order valence-electron chi connectivity index (χ3n) is 2.60. The molecular weight excluding hydrogens is 276 g/mol. The normalized spacial score (nSPS) is 10.2. The number of hydrogen-bond donors (Lipinski definition) is 1. The Hall–Kier alpha value is -2.15. The highest BCUT2D eigenvalue weighted by Gasteiger charge is 2.11. The third-order valence-corrected chi connectivity index (χ3v) is 3.59. The molecule has 0 atom stereocenters. The first kappa shape index (κ1) is 14.3. The van der Waals surface area contributed by atoms with Crippen molar-refractivity contribution in [1.29, 1.82) is 0 Å². The minimum absolute atomic E-state index is 0.102. The van der Waals surface area contributed by atoms with E-state index in [0.717, 1.165) is 22.8 Å². The average molecular weight is 290 g/mol. The largest absolute Gasteiger partial charge is 0.385 e. The molecule has 7 heteroatoms. The molecule has 0 amide bonds. The van der Waals surface area contributed by atoms with Crippen LogP contribution in [0, 0.1) is 10.1 Å². The number of nitro groups is 1. The van der Waals surface area contributed by atoms with E-state index in [2.05, 4.69) is 15.3 Å². The maximum absolute atomic E-state index is 10.9. The molecule has 0 aliphatic carbocycles. The average Bonchev–Trinajstić information content (AvgIpc) is 2.47. The van der Waals surface area contributed by atoms with E-state index in [1.165, 1.54) is 24.2 Å². The van der Waals surface area contributed by atoms with E-state index in [1.807, 2.05) is 13.0 Å². The van der Waals surface area contributed by atoms with Crippen molar-refractivity contribution < 1.29 is 4.92 Å². The Morgan fingerprint density at radius 3 is 2.90 bits per heavy atom. The van der Waals surface area contributed by atoms with Gasteiger partial charge in [-0.25, -0.2) is 9.97 Å². The minimum Gasteiger partial charge on any atom is -0.385 e. The molecule has 2 aromatic rings. The van der Waals surface area contributed by atoms with Gasteiger partial charge in [0.05, 0.1) is 9.95 Å². The molecule has 0 aliphatic rings. The van der Waals surface area contributed by atoms with Crippen molar-refractivity contribution in [1.82, 2.24) is 9.97 Å². The molecule has 0 fully saturated rings. The first-order valence-corrected chi connectivity index (χ1v) is 7.09. The fourth-order valence-corrected chi connectivity index (χ4v) is 2.51. The van der Waals surface area contributed by atoms with E-state index in [4.69, 9.17) is 0 Å². The van der Waals surface area contributed by atoms with Gasteiger partial charge in [-0.2, -0.15) is 0 Å². The Labute approximate surface area is 120 Å². The summed E-state index contributed by atoms with van der Waals surface area (Å²) in [6, 6.07) is 6.68. The van der Waals surface area contributed by atoms with Crippen LogP contribution in [0.15, 0.2) is 41.8 Å². The van der Waals surface area contributed by atoms with Gasteiger partial charge >= 0.3 is 0 Å². The minimum atomic E-state index is -0.380. The lowest BCUT2D eigenvalue weighted by Crippen LogP contribution is -2.01. The number of non-ortho nitro benzene ring substituents is 1. The standard InChI is InChI=1S/C13H14N4O2S/c1-2-15-12-4-3-11(17(18)19)7-10(12)8-20-13-5-6-14-9-16-13/h3-7,9,15H,2,8H2,1H3. The van der Waals surface area contributed by atoms with Crippen molar-refractivity contribution in [2.45, 2.75) is 17.7 Å². The van der Waals surface area contributed by atoms with Gasteiger partial charge in [-0.3, -0.25) is 10.1 Å². The number of nitro benzene ring substituents is 1. The summed E-state index contributed by atoms with van der Waals surface area (Å²) in [7, 11) is 0. The van der Waals surface area contributed by atoms with Crippen LogP contribution in [0.2, 0.25) is 0 Å². The van der Waals surface area contributed by atoms with Crippen LogP contribution in [-0.4, -0.2) is 21.4 Å². The molecule has 104 valence electrons. The molecule has 2 rings (SSSR count). The Balaban J connectivity index is 2.19. The number of rotatable bonds is 6. The van der Waals surface area contributed by atoms with Crippen LogP contribution in [0.1, 0.15) is 12.5 Å². The molecule has 0 saturated carbocycles. The van der Waals surface area contributed by atoms with E-state index in [-0.39, 0.29) is 10.6 Å². The first-order valence-electron chi connectivity index (χ1n) is 6.10. The fourth-order valence-electron chi connectivity index (χ4n) is 1.69. The Kier molecular flexibility index (Phi) is 4.89. The van der Waals surface area contributed by atoms with Crippen LogP contribution in [0.3, 0.4) is 0 Å². The molecule has 0 spiro atoms. The molecule has 1 heterocycles. The number of thioether (sulfide) groups is 1. The second-order valence-corrected chi connectivity index (χ2v) is 4.96. The third kappa shape index (κ3) is 3.67. The Morgan fingerprint density at radius 1 is 1.40 bits per heavy atom. The predicted octanol–water partition coefficient (Wildman–Crippen LogP) is 3.11. The molecule has 6 nitrogen and oxygen atoms in total. The van der Waals surface area contributed by atoms with E-state index in [1.54, 1.807) is 18.3 Å². The summed E-state index contributed by atoms with van der Waals surface area (Å²) in [5, 5.41) is 14.9. The zero-order valence-corrected chi connectivity index (χ0v) is 11.8. The molecule has 1 aromatic carbocycles. The molecule has 1 N–H and O–H groups in total. The van der Waals surface area contributed by atoms with E-state index >= 15 is 0 Å². The second kappa shape index (κ2) is 6.85. The summed E-state index contributed by atoms with van der Waals surface area (Å²) >= 11 is 1.52. The van der Waals surface area contributed by atoms with Crippen molar-refractivity contribution >= 4 is 23.1 Å². The lowest BCUT2D eigenvalue weighted by molar-refractivity contribution is -0.384. The van der Waals surface area contributed by atoms with Crippen molar-refractivity contribution in [3.8, 4) is 0 Å². The number of anilines is 1. The van der Waals surface area contributed by atoms with Gasteiger partial charge < -0.3 is 5.32 Å². The van der Waals surface area contributed by atoms with Gasteiger partial charge in [-0.15, -0.1) is 11.8 Å². The van der Waals surface area contributed by atoms with Crippen LogP contribution in [-0.2, 0) is 5.75 Å². The van der Waals surface area contributed by atoms with E-state index in [9.17, 15) is 10.1 Å². The topological polar surface area (TPSA) is 81.0 Å². The maximum atomic E-state index is 10.9. The second-order valence-electron chi connectivity index (χ2n) is 3.97. The Bertz CT molecular complexity index is 592. The van der Waals surface area contributed by atoms with Gasteiger partial charge in [-0.1, -0.05) is 0 Å². The van der Waals surface area contributed by atoms with Gasteiger partial charge in [0.1, 0.15) is 6.33 Å². The van der Waals surface area contributed by atoms with Gasteiger partial charge in [0.25, 0.3) is 5.69 Å². The zero-order chi connectivity index (χ0) is 14.4. The van der Waals surface area contributed by atoms with Crippen molar-refractivity contribution in [2.24, 2.45) is 0 Å². The summed E-state index contributed by atoms with van der Waals surface area (Å²) < 4.78 is 0. The van der Waals surface area contributed by atoms with Gasteiger partial charge in [-0.05, 0) is 24.6 Å². The number of benzene rings is 1. The number of nitrogens with zero attached hydrogens (tertiary/aromatic N) is 3. The molecule has 0 bridgehead atoms. The fraction of sp³-hybridized carbons (Fsp3) is 0.231. The van der Waals surface area contributed by atoms with Crippen LogP contribution < -0.4 is 5.32 Å². The predicted molar refractivity (Wildman–Crippen MR) is 78.9 cm³/mol. The van der Waals surface area contributed by atoms with Gasteiger partial charge in [0, 0.05) is 36.3 Å². The molecule has 1 aromatic heterocycles. The van der Waals surface area contributed by atoms with E-state index in [0.29, 0.717) is 5.75 Å². The van der Waals surface area contributed by atoms with Gasteiger partial charge in [0.2, 0.25) is 0 Å². The van der Waals surface area contributed by atoms with Crippen molar-refractivity contribution in [3.05, 3.63) is 52.5 Å². The van der Waals surface area contributed by atoms with Crippen molar-refractivity contribution in [3.63, 3.8) is 0 Å². The summed E-state index contributed by atoms with van der Waals surface area (Å²) in [5.74, 6) is 0.612. The lowest BCUT2D eigenvalue weighted by atomic mass is 10.2. The lowest BCUT2D eigenvalue weighted by Gasteiger charge is -2.10. The zero-order valence-electron chi connectivity index (χ0n) is 10.9. The molecule has 0 radical (unpaired) electrons. The summed E-state index contributed by atoms with van der Waals surface area (Å²) in [6.45, 7) is 2.76. The van der Waals surface area contributed by atoms with Crippen LogP contribution in [0.25, 0.3) is 0 Å². The first-order chi connectivity index (χ1) is 9.70. The number of nitrogens with one attached hydrogen (secondary N) is 1. The smallest absolute Gasteiger partial charge is 0.269 e. The highest BCUT2D eigenvalue weighted by molar-refractivity contribution is 7.98. The molecule has 0 unspecified atom stereocenters. The summed E-state index contributed by atoms with van der Waals surface area (Å²) in [6.07, 6.45) is 3.16. The SMILES string of the molecule is CCNc1ccc([N+](=O)[O-])cc1CSc1ccncn1. The van der Waals surface area contributed by atoms with Gasteiger partial charge in [0.15, 0.2) is 0 Å². The molecule has 0 aliphatic heterocycles. The summed E-state index contributed by atoms with van der Waals surface area (Å²) in [5.41, 5.74) is 1.91. The van der Waals surface area contributed by atoms with Crippen molar-refractivity contribution in [2.75, 3.05) is 11.9 Å². The van der Waals surface area contributed by atoms with E-state index < -0.39 is 0 Å². The number of aromatic nitrogens is 2. The molecule has 20 heavy (non-hydrogen) atoms. The monoisotopic (exact) mass is 290 g/mol. The number of hydrogen-bond acceptors (Lipinski definition) is 6. The van der Waals surface area contributed by atoms with Crippen LogP contribution in [0.5, 0.6) is 0 Å².